The molecule has 1 aliphatic rings. The molecule has 4 aromatic rings. The van der Waals surface area contributed by atoms with Crippen molar-refractivity contribution in [1.82, 2.24) is 24.6 Å². The van der Waals surface area contributed by atoms with Crippen LogP contribution in [0.15, 0.2) is 55.0 Å². The number of pyridine rings is 2. The van der Waals surface area contributed by atoms with Gasteiger partial charge in [-0.05, 0) is 49.8 Å². The van der Waals surface area contributed by atoms with Gasteiger partial charge < -0.3 is 15.8 Å². The normalized spacial score (nSPS) is 13.7. The zero-order valence-corrected chi connectivity index (χ0v) is 20.0. The molecule has 1 aliphatic heterocycles. The maximum atomic E-state index is 14.9. The zero-order valence-electron chi connectivity index (χ0n) is 20.0. The van der Waals surface area contributed by atoms with Crippen LogP contribution in [-0.4, -0.2) is 43.6 Å². The number of halogens is 5. The number of hydrogen-bond donors (Lipinski definition) is 2. The number of nitrogens with one attached hydrogen (secondary N) is 1. The van der Waals surface area contributed by atoms with E-state index in [9.17, 15) is 26.7 Å². The maximum Gasteiger partial charge on any atom is 0.434 e. The van der Waals surface area contributed by atoms with Gasteiger partial charge >= 0.3 is 6.18 Å². The number of carbonyl (C=O) groups excluding carboxylic acids is 1. The number of amides is 1. The predicted octanol–water partition coefficient (Wildman–Crippen LogP) is 4.79. The summed E-state index contributed by atoms with van der Waals surface area (Å²) in [6.07, 6.45) is -0.889. The van der Waals surface area contributed by atoms with Crippen LogP contribution in [0.4, 0.5) is 33.5 Å². The Balaban J connectivity index is 1.38. The van der Waals surface area contributed by atoms with Crippen molar-refractivity contribution in [3.8, 4) is 17.3 Å². The van der Waals surface area contributed by atoms with Crippen LogP contribution in [0.5, 0.6) is 11.5 Å². The Bertz CT molecular complexity index is 1540. The third-order valence-electron chi connectivity index (χ3n) is 6.01. The summed E-state index contributed by atoms with van der Waals surface area (Å²) < 4.78 is 76.5. The summed E-state index contributed by atoms with van der Waals surface area (Å²) >= 11 is 0. The molecule has 5 rings (SSSR count). The van der Waals surface area contributed by atoms with E-state index in [4.69, 9.17) is 10.5 Å². The van der Waals surface area contributed by atoms with Crippen LogP contribution in [0.3, 0.4) is 0 Å². The zero-order chi connectivity index (χ0) is 27.7. The van der Waals surface area contributed by atoms with Crippen molar-refractivity contribution in [2.24, 2.45) is 0 Å². The van der Waals surface area contributed by atoms with E-state index in [2.05, 4.69) is 25.3 Å². The molecule has 3 aromatic heterocycles. The van der Waals surface area contributed by atoms with Crippen molar-refractivity contribution in [2.75, 3.05) is 24.1 Å². The second kappa shape index (κ2) is 10.3. The first-order valence-corrected chi connectivity index (χ1v) is 11.6. The third kappa shape index (κ3) is 5.36. The number of nitrogens with two attached hydrogens (primary N) is 1. The molecule has 0 saturated carbocycles. The first-order chi connectivity index (χ1) is 18.6. The van der Waals surface area contributed by atoms with Crippen LogP contribution in [0.2, 0.25) is 0 Å². The van der Waals surface area contributed by atoms with Gasteiger partial charge in [-0.2, -0.15) is 18.3 Å². The molecule has 0 unspecified atom stereocenters. The number of ether oxygens (including phenoxy) is 1. The summed E-state index contributed by atoms with van der Waals surface area (Å²) in [5.41, 5.74) is 3.99. The number of nitrogen functional groups attached to an aromatic ring is 1. The molecule has 1 saturated heterocycles. The minimum absolute atomic E-state index is 0.148. The van der Waals surface area contributed by atoms with Gasteiger partial charge in [0.25, 0.3) is 5.91 Å². The molecule has 0 atom stereocenters. The summed E-state index contributed by atoms with van der Waals surface area (Å²) in [6.45, 7) is 2.26. The van der Waals surface area contributed by atoms with Gasteiger partial charge in [-0.3, -0.25) is 9.69 Å². The SMILES string of the molecule is Nc1nccc(Oc2ccc(NC(=O)c3cnn(-c4ncccc4F)c3C(F)(F)F)cc2F)c1CN1CCC1. The summed E-state index contributed by atoms with van der Waals surface area (Å²) in [5.74, 6) is -3.58. The van der Waals surface area contributed by atoms with Crippen LogP contribution in [0.25, 0.3) is 5.82 Å². The lowest BCUT2D eigenvalue weighted by Gasteiger charge is -2.31. The monoisotopic (exact) mass is 545 g/mol. The Morgan fingerprint density at radius 3 is 2.51 bits per heavy atom. The van der Waals surface area contributed by atoms with Gasteiger partial charge in [0, 0.05) is 30.7 Å². The van der Waals surface area contributed by atoms with Crippen molar-refractivity contribution in [2.45, 2.75) is 19.1 Å². The lowest BCUT2D eigenvalue weighted by molar-refractivity contribution is -0.143. The van der Waals surface area contributed by atoms with Crippen LogP contribution in [0.1, 0.15) is 28.0 Å². The van der Waals surface area contributed by atoms with Gasteiger partial charge in [0.05, 0.1) is 17.3 Å². The van der Waals surface area contributed by atoms with Gasteiger partial charge in [0.1, 0.15) is 11.6 Å². The van der Waals surface area contributed by atoms with E-state index in [1.807, 2.05) is 0 Å². The van der Waals surface area contributed by atoms with Crippen LogP contribution < -0.4 is 15.8 Å². The fourth-order valence-electron chi connectivity index (χ4n) is 3.97. The number of hydrogen-bond acceptors (Lipinski definition) is 7. The van der Waals surface area contributed by atoms with Crippen LogP contribution >= 0.6 is 0 Å². The van der Waals surface area contributed by atoms with Gasteiger partial charge in [0.2, 0.25) is 0 Å². The largest absolute Gasteiger partial charge is 0.454 e. The minimum Gasteiger partial charge on any atom is -0.454 e. The topological polar surface area (TPSA) is 111 Å². The Kier molecular flexibility index (Phi) is 6.87. The average molecular weight is 545 g/mol. The molecule has 0 aliphatic carbocycles. The maximum absolute atomic E-state index is 14.9. The molecule has 9 nitrogen and oxygen atoms in total. The van der Waals surface area contributed by atoms with Crippen molar-refractivity contribution >= 4 is 17.4 Å². The Morgan fingerprint density at radius 1 is 1.05 bits per heavy atom. The Morgan fingerprint density at radius 2 is 1.85 bits per heavy atom. The summed E-state index contributed by atoms with van der Waals surface area (Å²) in [7, 11) is 0. The Hall–Kier alpha value is -4.59. The summed E-state index contributed by atoms with van der Waals surface area (Å²) in [5, 5.41) is 5.73. The van der Waals surface area contributed by atoms with Gasteiger partial charge in [0.15, 0.2) is 28.9 Å². The molecule has 1 fully saturated rings. The summed E-state index contributed by atoms with van der Waals surface area (Å²) in [4.78, 5) is 22.5. The number of rotatable bonds is 7. The number of nitrogens with zero attached hydrogens (tertiary/aromatic N) is 5. The highest BCUT2D eigenvalue weighted by Gasteiger charge is 2.41. The highest BCUT2D eigenvalue weighted by atomic mass is 19.4. The molecular weight excluding hydrogens is 525 g/mol. The number of likely N-dealkylation sites (tertiary alicyclic amines) is 1. The van der Waals surface area contributed by atoms with Gasteiger partial charge in [-0.15, -0.1) is 0 Å². The van der Waals surface area contributed by atoms with E-state index >= 15 is 0 Å². The van der Waals surface area contributed by atoms with Gasteiger partial charge in [-0.25, -0.2) is 23.4 Å². The lowest BCUT2D eigenvalue weighted by atomic mass is 10.1. The highest BCUT2D eigenvalue weighted by Crippen LogP contribution is 2.35. The predicted molar refractivity (Wildman–Crippen MR) is 129 cm³/mol. The number of aromatic nitrogens is 4. The quantitative estimate of drug-likeness (QED) is 0.321. The smallest absolute Gasteiger partial charge is 0.434 e. The lowest BCUT2D eigenvalue weighted by Crippen LogP contribution is -2.36. The molecule has 202 valence electrons. The molecule has 39 heavy (non-hydrogen) atoms. The van der Waals surface area contributed by atoms with Crippen molar-refractivity contribution in [3.05, 3.63) is 83.4 Å². The molecule has 0 bridgehead atoms. The van der Waals surface area contributed by atoms with E-state index in [1.165, 1.54) is 24.4 Å². The fourth-order valence-corrected chi connectivity index (χ4v) is 3.97. The standard InChI is InChI=1S/C25H20F5N7O2/c26-17-3-1-7-33-23(17)37-21(25(28,29)30)15(12-34-37)24(38)35-14-4-5-20(18(27)11-14)39-19-6-8-32-22(31)16(19)13-36-9-2-10-36/h1,3-8,11-12H,2,9-10,13H2,(H2,31,32)(H,35,38). The molecule has 3 N–H and O–H groups in total. The molecule has 4 heterocycles. The Labute approximate surface area is 218 Å². The average Bonchev–Trinajstić information content (AvgIpc) is 3.30. The first kappa shape index (κ1) is 26.0. The van der Waals surface area contributed by atoms with Crippen LogP contribution in [0, 0.1) is 11.6 Å². The number of carbonyl (C=O) groups is 1. The van der Waals surface area contributed by atoms with E-state index in [1.54, 1.807) is 6.07 Å². The highest BCUT2D eigenvalue weighted by molar-refractivity contribution is 6.05. The van der Waals surface area contributed by atoms with E-state index in [-0.39, 0.29) is 21.9 Å². The number of anilines is 2. The molecule has 0 spiro atoms. The second-order valence-electron chi connectivity index (χ2n) is 8.63. The number of alkyl halides is 3. The third-order valence-corrected chi connectivity index (χ3v) is 6.01. The van der Waals surface area contributed by atoms with Crippen LogP contribution in [-0.2, 0) is 12.7 Å². The molecule has 1 amide bonds. The molecule has 14 heteroatoms. The molecule has 0 radical (unpaired) electrons. The first-order valence-electron chi connectivity index (χ1n) is 11.6. The van der Waals surface area contributed by atoms with Crippen molar-refractivity contribution in [1.29, 1.82) is 0 Å². The molecular formula is C25H20F5N7O2. The van der Waals surface area contributed by atoms with E-state index in [0.717, 1.165) is 37.8 Å². The van der Waals surface area contributed by atoms with Crippen molar-refractivity contribution < 1.29 is 31.5 Å². The fraction of sp³-hybridized carbons (Fsp3) is 0.200. The van der Waals surface area contributed by atoms with E-state index in [0.29, 0.717) is 24.1 Å². The van der Waals surface area contributed by atoms with Crippen molar-refractivity contribution in [3.63, 3.8) is 0 Å². The second-order valence-corrected chi connectivity index (χ2v) is 8.63. The van der Waals surface area contributed by atoms with Gasteiger partial charge in [-0.1, -0.05) is 0 Å². The summed E-state index contributed by atoms with van der Waals surface area (Å²) in [6, 6.07) is 7.01. The molecule has 1 aromatic carbocycles. The van der Waals surface area contributed by atoms with E-state index < -0.39 is 40.8 Å². The number of benzene rings is 1. The minimum atomic E-state index is -5.09.